The van der Waals surface area contributed by atoms with E-state index in [0.29, 0.717) is 35.6 Å². The van der Waals surface area contributed by atoms with Gasteiger partial charge in [-0.3, -0.25) is 4.79 Å². The van der Waals surface area contributed by atoms with Gasteiger partial charge in [0.2, 0.25) is 21.1 Å². The van der Waals surface area contributed by atoms with Gasteiger partial charge in [-0.2, -0.15) is 4.31 Å². The highest BCUT2D eigenvalue weighted by atomic mass is 32.2. The summed E-state index contributed by atoms with van der Waals surface area (Å²) in [7, 11) is -3.60. The molecule has 0 aliphatic rings. The van der Waals surface area contributed by atoms with Crippen molar-refractivity contribution in [3.8, 4) is 11.4 Å². The molecule has 30 heavy (non-hydrogen) atoms. The topological polar surface area (TPSA) is 123 Å². The number of nitrogens with zero attached hydrogens (tertiary/aromatic N) is 4. The van der Waals surface area contributed by atoms with Gasteiger partial charge in [0.25, 0.3) is 0 Å². The Morgan fingerprint density at radius 3 is 2.50 bits per heavy atom. The lowest BCUT2D eigenvalue weighted by Crippen LogP contribution is -2.37. The lowest BCUT2D eigenvalue weighted by atomic mass is 10.1. The van der Waals surface area contributed by atoms with Gasteiger partial charge in [0, 0.05) is 24.7 Å². The molecule has 1 heterocycles. The number of amides is 1. The van der Waals surface area contributed by atoms with Gasteiger partial charge in [0.05, 0.1) is 10.6 Å². The van der Waals surface area contributed by atoms with Crippen molar-refractivity contribution in [2.45, 2.75) is 50.7 Å². The maximum absolute atomic E-state index is 12.8. The fourth-order valence-electron chi connectivity index (χ4n) is 2.67. The monoisotopic (exact) mass is 454 g/mol. The predicted molar refractivity (Wildman–Crippen MR) is 119 cm³/mol. The molecule has 1 aromatic carbocycles. The smallest absolute Gasteiger partial charge is 0.243 e. The van der Waals surface area contributed by atoms with Gasteiger partial charge in [0.15, 0.2) is 5.82 Å². The molecule has 0 bridgehead atoms. The molecular formula is C19H30N6O3S2. The molecule has 0 radical (unpaired) electrons. The molecule has 9 nitrogen and oxygen atoms in total. The third-order valence-electron chi connectivity index (χ3n) is 4.82. The standard InChI is InChI=1S/C19H30N6O3S2/c1-6-24(7-2)30(27,28)16-10-8-9-15(11-16)18-22-23-19(25(18)20)29-12-17(26)21-14(5)13(3)4/h8-11,13-14H,6-7,12,20H2,1-5H3,(H,21,26). The van der Waals surface area contributed by atoms with Crippen LogP contribution in [-0.2, 0) is 14.8 Å². The second kappa shape index (κ2) is 10.3. The van der Waals surface area contributed by atoms with Crippen molar-refractivity contribution in [2.75, 3.05) is 24.7 Å². The van der Waals surface area contributed by atoms with E-state index in [9.17, 15) is 13.2 Å². The molecule has 2 aromatic rings. The number of sulfonamides is 1. The fraction of sp³-hybridized carbons (Fsp3) is 0.526. The van der Waals surface area contributed by atoms with Gasteiger partial charge in [-0.15, -0.1) is 10.2 Å². The molecule has 2 rings (SSSR count). The molecular weight excluding hydrogens is 424 g/mol. The van der Waals surface area contributed by atoms with Gasteiger partial charge in [-0.1, -0.05) is 51.6 Å². The van der Waals surface area contributed by atoms with Crippen molar-refractivity contribution in [1.82, 2.24) is 24.5 Å². The Hall–Kier alpha value is -2.11. The molecule has 3 N–H and O–H groups in total. The number of thioether (sulfide) groups is 1. The number of hydrogen-bond donors (Lipinski definition) is 2. The van der Waals surface area contributed by atoms with Gasteiger partial charge in [-0.25, -0.2) is 13.1 Å². The Balaban J connectivity index is 2.19. The van der Waals surface area contributed by atoms with E-state index >= 15 is 0 Å². The van der Waals surface area contributed by atoms with E-state index in [1.54, 1.807) is 32.0 Å². The fourth-order valence-corrected chi connectivity index (χ4v) is 4.84. The number of nitrogens with two attached hydrogens (primary N) is 1. The van der Waals surface area contributed by atoms with Crippen molar-refractivity contribution in [1.29, 1.82) is 0 Å². The minimum Gasteiger partial charge on any atom is -0.353 e. The first-order valence-corrected chi connectivity index (χ1v) is 12.3. The molecule has 1 atom stereocenters. The van der Waals surface area contributed by atoms with Gasteiger partial charge in [0.1, 0.15) is 0 Å². The SMILES string of the molecule is CCN(CC)S(=O)(=O)c1cccc(-c2nnc(SCC(=O)NC(C)C(C)C)n2N)c1. The second-order valence-electron chi connectivity index (χ2n) is 7.18. The van der Waals surface area contributed by atoms with Crippen LogP contribution in [0.1, 0.15) is 34.6 Å². The molecule has 0 fully saturated rings. The summed E-state index contributed by atoms with van der Waals surface area (Å²) >= 11 is 1.17. The van der Waals surface area contributed by atoms with E-state index in [1.807, 2.05) is 20.8 Å². The summed E-state index contributed by atoms with van der Waals surface area (Å²) in [5.74, 6) is 6.83. The van der Waals surface area contributed by atoms with Crippen molar-refractivity contribution in [2.24, 2.45) is 5.92 Å². The summed E-state index contributed by atoms with van der Waals surface area (Å²) in [6.45, 7) is 10.4. The van der Waals surface area contributed by atoms with Crippen LogP contribution in [0.3, 0.4) is 0 Å². The summed E-state index contributed by atoms with van der Waals surface area (Å²) in [6.07, 6.45) is 0. The summed E-state index contributed by atoms with van der Waals surface area (Å²) < 4.78 is 28.2. The average Bonchev–Trinajstić information content (AvgIpc) is 3.07. The Morgan fingerprint density at radius 1 is 1.23 bits per heavy atom. The molecule has 0 aliphatic carbocycles. The predicted octanol–water partition coefficient (Wildman–Crippen LogP) is 1.94. The maximum Gasteiger partial charge on any atom is 0.243 e. The first-order chi connectivity index (χ1) is 14.1. The number of carbonyl (C=O) groups excluding carboxylic acids is 1. The lowest BCUT2D eigenvalue weighted by Gasteiger charge is -2.18. The number of carbonyl (C=O) groups is 1. The van der Waals surface area contributed by atoms with Crippen LogP contribution >= 0.6 is 11.8 Å². The van der Waals surface area contributed by atoms with Crippen LogP contribution in [0.25, 0.3) is 11.4 Å². The number of nitrogens with one attached hydrogen (secondary N) is 1. The molecule has 1 unspecified atom stereocenters. The van der Waals surface area contributed by atoms with Crippen molar-refractivity contribution >= 4 is 27.7 Å². The van der Waals surface area contributed by atoms with Crippen LogP contribution in [-0.4, -0.2) is 58.4 Å². The third kappa shape index (κ3) is 5.52. The quantitative estimate of drug-likeness (QED) is 0.415. The van der Waals surface area contributed by atoms with Gasteiger partial charge >= 0.3 is 0 Å². The highest BCUT2D eigenvalue weighted by Gasteiger charge is 2.23. The van der Waals surface area contributed by atoms with E-state index in [0.717, 1.165) is 0 Å². The van der Waals surface area contributed by atoms with Crippen molar-refractivity contribution in [3.63, 3.8) is 0 Å². The van der Waals surface area contributed by atoms with E-state index in [-0.39, 0.29) is 22.6 Å². The van der Waals surface area contributed by atoms with E-state index < -0.39 is 10.0 Å². The molecule has 1 amide bonds. The molecule has 166 valence electrons. The summed E-state index contributed by atoms with van der Waals surface area (Å²) in [5.41, 5.74) is 0.531. The second-order valence-corrected chi connectivity index (χ2v) is 10.1. The van der Waals surface area contributed by atoms with Crippen LogP contribution in [0.2, 0.25) is 0 Å². The van der Waals surface area contributed by atoms with Crippen LogP contribution in [0, 0.1) is 5.92 Å². The molecule has 11 heteroatoms. The number of benzene rings is 1. The normalized spacial score (nSPS) is 13.0. The molecule has 0 aliphatic heterocycles. The first-order valence-electron chi connectivity index (χ1n) is 9.85. The minimum atomic E-state index is -3.60. The van der Waals surface area contributed by atoms with Crippen molar-refractivity contribution < 1.29 is 13.2 Å². The van der Waals surface area contributed by atoms with Crippen LogP contribution < -0.4 is 11.2 Å². The number of hydrogen-bond acceptors (Lipinski definition) is 7. The molecule has 0 spiro atoms. The maximum atomic E-state index is 12.8. The lowest BCUT2D eigenvalue weighted by molar-refractivity contribution is -0.119. The minimum absolute atomic E-state index is 0.0694. The highest BCUT2D eigenvalue weighted by Crippen LogP contribution is 2.25. The van der Waals surface area contributed by atoms with Crippen molar-refractivity contribution in [3.05, 3.63) is 24.3 Å². The number of nitrogen functional groups attached to an aromatic ring is 1. The van der Waals surface area contributed by atoms with Crippen LogP contribution in [0.4, 0.5) is 0 Å². The van der Waals surface area contributed by atoms with Gasteiger partial charge < -0.3 is 11.2 Å². The molecule has 1 aromatic heterocycles. The van der Waals surface area contributed by atoms with Gasteiger partial charge in [-0.05, 0) is 25.0 Å². The van der Waals surface area contributed by atoms with Crippen LogP contribution in [0.5, 0.6) is 0 Å². The van der Waals surface area contributed by atoms with E-state index in [4.69, 9.17) is 5.84 Å². The summed E-state index contributed by atoms with van der Waals surface area (Å²) in [6, 6.07) is 6.52. The molecule has 0 saturated heterocycles. The largest absolute Gasteiger partial charge is 0.353 e. The average molecular weight is 455 g/mol. The van der Waals surface area contributed by atoms with E-state index in [2.05, 4.69) is 15.5 Å². The zero-order valence-electron chi connectivity index (χ0n) is 18.0. The summed E-state index contributed by atoms with van der Waals surface area (Å²) in [4.78, 5) is 12.3. The third-order valence-corrected chi connectivity index (χ3v) is 7.81. The Kier molecular flexibility index (Phi) is 8.27. The Labute approximate surface area is 182 Å². The Bertz CT molecular complexity index is 970. The zero-order chi connectivity index (χ0) is 22.5. The Morgan fingerprint density at radius 2 is 1.90 bits per heavy atom. The number of rotatable bonds is 10. The van der Waals surface area contributed by atoms with E-state index in [1.165, 1.54) is 26.8 Å². The number of aromatic nitrogens is 3. The van der Waals surface area contributed by atoms with Crippen LogP contribution in [0.15, 0.2) is 34.3 Å². The summed E-state index contributed by atoms with van der Waals surface area (Å²) in [5, 5.41) is 11.4. The highest BCUT2D eigenvalue weighted by molar-refractivity contribution is 7.99. The zero-order valence-corrected chi connectivity index (χ0v) is 19.6. The molecule has 0 saturated carbocycles. The first kappa shape index (κ1) is 24.2.